The van der Waals surface area contributed by atoms with Crippen LogP contribution in [0.2, 0.25) is 0 Å². The molecule has 0 saturated carbocycles. The lowest BCUT2D eigenvalue weighted by Gasteiger charge is -2.39. The third-order valence-electron chi connectivity index (χ3n) is 4.75. The minimum Gasteiger partial charge on any atom is -0.478 e. The second-order valence-corrected chi connectivity index (χ2v) is 6.32. The van der Waals surface area contributed by atoms with Gasteiger partial charge >= 0.3 is 5.97 Å². The summed E-state index contributed by atoms with van der Waals surface area (Å²) in [4.78, 5) is 13.6. The number of allylic oxidation sites excluding steroid dienone is 2. The van der Waals surface area contributed by atoms with Gasteiger partial charge in [-0.25, -0.2) is 4.79 Å². The number of aryl methyl sites for hydroxylation is 1. The lowest BCUT2D eigenvalue weighted by atomic mass is 9.89. The highest BCUT2D eigenvalue weighted by molar-refractivity contribution is 5.90. The van der Waals surface area contributed by atoms with Crippen LogP contribution in [0.4, 0.5) is 11.4 Å². The van der Waals surface area contributed by atoms with Gasteiger partial charge in [-0.2, -0.15) is 5.10 Å². The Morgan fingerprint density at radius 2 is 2.04 bits per heavy atom. The molecule has 26 heavy (non-hydrogen) atoms. The van der Waals surface area contributed by atoms with Crippen molar-refractivity contribution in [3.63, 3.8) is 0 Å². The molecule has 0 amide bonds. The van der Waals surface area contributed by atoms with Gasteiger partial charge in [0.05, 0.1) is 17.8 Å². The summed E-state index contributed by atoms with van der Waals surface area (Å²) in [6, 6.07) is 15.7. The molecule has 0 bridgehead atoms. The van der Waals surface area contributed by atoms with Gasteiger partial charge in [0.25, 0.3) is 0 Å². The molecule has 2 aromatic rings. The molecular formula is C21H19N3O2. The second-order valence-electron chi connectivity index (χ2n) is 6.32. The molecule has 0 spiro atoms. The molecule has 2 N–H and O–H groups in total. The van der Waals surface area contributed by atoms with E-state index in [4.69, 9.17) is 0 Å². The number of carboxylic acid groups (broad SMARTS) is 1. The van der Waals surface area contributed by atoms with Gasteiger partial charge in [-0.15, -0.1) is 0 Å². The summed E-state index contributed by atoms with van der Waals surface area (Å²) in [5, 5.41) is 13.5. The van der Waals surface area contributed by atoms with Crippen LogP contribution in [0.1, 0.15) is 22.3 Å². The largest absolute Gasteiger partial charge is 0.478 e. The topological polar surface area (TPSA) is 64.9 Å². The van der Waals surface area contributed by atoms with Gasteiger partial charge in [0.15, 0.2) is 0 Å². The third kappa shape index (κ3) is 2.99. The standard InChI is InChI=1S/C21H19N3O2/c25-21(26)16-9-11-19-15(13-16)8-10-20(17-5-4-12-22-23-14-17)24(19)18-6-2-1-3-7-18/h1-7,9,11-14,20,22H,8,10H2,(H,25,26). The number of benzene rings is 2. The Hall–Kier alpha value is -3.34. The van der Waals surface area contributed by atoms with E-state index in [1.54, 1.807) is 18.3 Å². The SMILES string of the molecule is O=C(O)c1ccc2c(c1)CCC(C1=CC=CNN=C1)N2c1ccccc1. The monoisotopic (exact) mass is 345 g/mol. The number of nitrogens with one attached hydrogen (secondary N) is 1. The number of anilines is 2. The average Bonchev–Trinajstić information content (AvgIpc) is 2.96. The Balaban J connectivity index is 1.83. The van der Waals surface area contributed by atoms with Crippen molar-refractivity contribution >= 4 is 23.6 Å². The van der Waals surface area contributed by atoms with E-state index in [0.29, 0.717) is 5.56 Å². The van der Waals surface area contributed by atoms with Gasteiger partial charge in [-0.05, 0) is 60.4 Å². The number of hydrazone groups is 1. The fraction of sp³-hybridized carbons (Fsp3) is 0.143. The number of hydrogen-bond acceptors (Lipinski definition) is 4. The van der Waals surface area contributed by atoms with Crippen molar-refractivity contribution in [1.29, 1.82) is 0 Å². The summed E-state index contributed by atoms with van der Waals surface area (Å²) in [7, 11) is 0. The van der Waals surface area contributed by atoms with E-state index >= 15 is 0 Å². The maximum absolute atomic E-state index is 11.3. The van der Waals surface area contributed by atoms with Crippen molar-refractivity contribution < 1.29 is 9.90 Å². The van der Waals surface area contributed by atoms with Gasteiger partial charge in [0.2, 0.25) is 0 Å². The van der Waals surface area contributed by atoms with E-state index in [1.807, 2.05) is 36.6 Å². The van der Waals surface area contributed by atoms with Crippen LogP contribution < -0.4 is 10.3 Å². The highest BCUT2D eigenvalue weighted by atomic mass is 16.4. The number of fused-ring (bicyclic) bond motifs is 1. The van der Waals surface area contributed by atoms with Gasteiger partial charge in [-0.1, -0.05) is 24.3 Å². The van der Waals surface area contributed by atoms with Crippen LogP contribution in [0, 0.1) is 0 Å². The summed E-state index contributed by atoms with van der Waals surface area (Å²) in [5.41, 5.74) is 7.50. The van der Waals surface area contributed by atoms with E-state index < -0.39 is 5.97 Å². The summed E-state index contributed by atoms with van der Waals surface area (Å²) < 4.78 is 0. The van der Waals surface area contributed by atoms with Gasteiger partial charge < -0.3 is 10.0 Å². The highest BCUT2D eigenvalue weighted by Gasteiger charge is 2.30. The predicted molar refractivity (Wildman–Crippen MR) is 103 cm³/mol. The number of hydrogen-bond donors (Lipinski definition) is 2. The van der Waals surface area contributed by atoms with E-state index in [9.17, 15) is 9.90 Å². The van der Waals surface area contributed by atoms with Gasteiger partial charge in [0.1, 0.15) is 0 Å². The number of nitrogens with zero attached hydrogens (tertiary/aromatic N) is 2. The van der Waals surface area contributed by atoms with Crippen LogP contribution in [0.3, 0.4) is 0 Å². The molecule has 1 unspecified atom stereocenters. The fourth-order valence-corrected chi connectivity index (χ4v) is 3.56. The molecule has 130 valence electrons. The lowest BCUT2D eigenvalue weighted by Crippen LogP contribution is -2.37. The van der Waals surface area contributed by atoms with E-state index in [1.165, 1.54) is 0 Å². The molecule has 5 heteroatoms. The highest BCUT2D eigenvalue weighted by Crippen LogP contribution is 2.39. The Bertz CT molecular complexity index is 916. The second kappa shape index (κ2) is 6.88. The first kappa shape index (κ1) is 16.1. The minimum atomic E-state index is -0.893. The number of carboxylic acids is 1. The Morgan fingerprint density at radius 1 is 1.19 bits per heavy atom. The zero-order chi connectivity index (χ0) is 17.9. The van der Waals surface area contributed by atoms with Crippen LogP contribution in [0.15, 0.2) is 77.6 Å². The lowest BCUT2D eigenvalue weighted by molar-refractivity contribution is 0.0697. The van der Waals surface area contributed by atoms with Crippen LogP contribution in [-0.2, 0) is 6.42 Å². The zero-order valence-corrected chi connectivity index (χ0v) is 14.2. The quantitative estimate of drug-likeness (QED) is 0.886. The number of rotatable bonds is 3. The summed E-state index contributed by atoms with van der Waals surface area (Å²) >= 11 is 0. The van der Waals surface area contributed by atoms with E-state index in [0.717, 1.165) is 35.4 Å². The van der Waals surface area contributed by atoms with Crippen molar-refractivity contribution in [2.24, 2.45) is 5.10 Å². The van der Waals surface area contributed by atoms with Crippen molar-refractivity contribution in [1.82, 2.24) is 5.43 Å². The molecule has 1 atom stereocenters. The molecular weight excluding hydrogens is 326 g/mol. The first-order valence-electron chi connectivity index (χ1n) is 8.60. The Labute approximate surface area is 152 Å². The van der Waals surface area contributed by atoms with Crippen LogP contribution in [-0.4, -0.2) is 23.3 Å². The van der Waals surface area contributed by atoms with Crippen LogP contribution in [0.25, 0.3) is 0 Å². The van der Waals surface area contributed by atoms with Gasteiger partial charge in [0, 0.05) is 17.6 Å². The Morgan fingerprint density at radius 3 is 2.85 bits per heavy atom. The molecule has 0 aromatic heterocycles. The first-order chi connectivity index (χ1) is 12.7. The van der Waals surface area contributed by atoms with Crippen molar-refractivity contribution in [2.45, 2.75) is 18.9 Å². The molecule has 0 aliphatic carbocycles. The fourth-order valence-electron chi connectivity index (χ4n) is 3.56. The number of para-hydroxylation sites is 1. The minimum absolute atomic E-state index is 0.133. The van der Waals surface area contributed by atoms with Crippen molar-refractivity contribution in [3.8, 4) is 0 Å². The molecule has 5 nitrogen and oxygen atoms in total. The zero-order valence-electron chi connectivity index (χ0n) is 14.2. The molecule has 0 saturated heterocycles. The normalized spacial score (nSPS) is 18.5. The predicted octanol–water partition coefficient (Wildman–Crippen LogP) is 3.87. The Kier molecular flexibility index (Phi) is 4.27. The van der Waals surface area contributed by atoms with E-state index in [2.05, 4.69) is 33.6 Å². The van der Waals surface area contributed by atoms with Crippen molar-refractivity contribution in [2.75, 3.05) is 4.90 Å². The summed E-state index contributed by atoms with van der Waals surface area (Å²) in [6.45, 7) is 0. The van der Waals surface area contributed by atoms with Crippen LogP contribution in [0.5, 0.6) is 0 Å². The molecule has 2 heterocycles. The average molecular weight is 345 g/mol. The van der Waals surface area contributed by atoms with Gasteiger partial charge in [-0.3, -0.25) is 5.43 Å². The third-order valence-corrected chi connectivity index (χ3v) is 4.75. The molecule has 4 rings (SSSR count). The maximum atomic E-state index is 11.3. The molecule has 0 radical (unpaired) electrons. The summed E-state index contributed by atoms with van der Waals surface area (Å²) in [5.74, 6) is -0.893. The molecule has 2 aliphatic rings. The number of carbonyl (C=O) groups is 1. The van der Waals surface area contributed by atoms with Crippen molar-refractivity contribution in [3.05, 3.63) is 83.6 Å². The summed E-state index contributed by atoms with van der Waals surface area (Å²) in [6.07, 6.45) is 9.39. The molecule has 2 aromatic carbocycles. The first-order valence-corrected chi connectivity index (χ1v) is 8.60. The molecule has 0 fully saturated rings. The van der Waals surface area contributed by atoms with E-state index in [-0.39, 0.29) is 6.04 Å². The number of aromatic carboxylic acids is 1. The maximum Gasteiger partial charge on any atom is 0.335 e. The smallest absolute Gasteiger partial charge is 0.335 e. The van der Waals surface area contributed by atoms with Crippen LogP contribution >= 0.6 is 0 Å². The molecule has 2 aliphatic heterocycles.